The average molecular weight is 445 g/mol. The van der Waals surface area contributed by atoms with E-state index >= 15 is 0 Å². The molecule has 0 saturated carbocycles. The second kappa shape index (κ2) is 9.25. The van der Waals surface area contributed by atoms with Gasteiger partial charge in [0.25, 0.3) is 0 Å². The molecule has 152 valence electrons. The molecule has 28 heavy (non-hydrogen) atoms. The van der Waals surface area contributed by atoms with Crippen LogP contribution in [-0.2, 0) is 6.42 Å². The molecule has 1 aliphatic heterocycles. The quantitative estimate of drug-likeness (QED) is 0.441. The highest BCUT2D eigenvalue weighted by Gasteiger charge is 2.25. The molecule has 3 rings (SSSR count). The number of rotatable bonds is 8. The molecule has 0 spiro atoms. The van der Waals surface area contributed by atoms with Gasteiger partial charge in [-0.1, -0.05) is 39.7 Å². The summed E-state index contributed by atoms with van der Waals surface area (Å²) in [6.07, 6.45) is 4.82. The normalized spacial score (nSPS) is 13.3. The molecule has 0 fully saturated rings. The van der Waals surface area contributed by atoms with E-state index in [4.69, 9.17) is 9.97 Å². The molecular weight excluding hydrogens is 412 g/mol. The number of anilines is 3. The minimum Gasteiger partial charge on any atom is -0.356 e. The summed E-state index contributed by atoms with van der Waals surface area (Å²) in [5.74, 6) is 2.46. The van der Waals surface area contributed by atoms with E-state index in [9.17, 15) is 0 Å². The van der Waals surface area contributed by atoms with Crippen LogP contribution in [0, 0.1) is 6.92 Å². The Balaban J connectivity index is 1.94. The van der Waals surface area contributed by atoms with Crippen LogP contribution in [-0.4, -0.2) is 29.6 Å². The van der Waals surface area contributed by atoms with Crippen LogP contribution in [0.1, 0.15) is 69.7 Å². The molecule has 2 heterocycles. The molecule has 1 aliphatic rings. The summed E-state index contributed by atoms with van der Waals surface area (Å²) in [7, 11) is 0. The van der Waals surface area contributed by atoms with E-state index < -0.39 is 0 Å². The van der Waals surface area contributed by atoms with Crippen LogP contribution < -0.4 is 9.80 Å². The Hall–Kier alpha value is -1.62. The lowest BCUT2D eigenvalue weighted by atomic mass is 10.0. The molecule has 0 amide bonds. The maximum atomic E-state index is 5.04. The highest BCUT2D eigenvalue weighted by atomic mass is 79.9. The van der Waals surface area contributed by atoms with Crippen molar-refractivity contribution in [2.45, 2.75) is 66.2 Å². The third kappa shape index (κ3) is 4.35. The van der Waals surface area contributed by atoms with Gasteiger partial charge in [0.05, 0.1) is 5.69 Å². The molecule has 0 saturated heterocycles. The van der Waals surface area contributed by atoms with Crippen LogP contribution in [0.2, 0.25) is 0 Å². The summed E-state index contributed by atoms with van der Waals surface area (Å²) in [4.78, 5) is 14.6. The largest absolute Gasteiger partial charge is 0.356 e. The molecule has 1 aromatic heterocycles. The molecular formula is C23H33BrN4. The van der Waals surface area contributed by atoms with E-state index in [0.29, 0.717) is 5.92 Å². The van der Waals surface area contributed by atoms with Gasteiger partial charge >= 0.3 is 0 Å². The zero-order chi connectivity index (χ0) is 20.3. The van der Waals surface area contributed by atoms with E-state index in [1.165, 1.54) is 30.4 Å². The Morgan fingerprint density at radius 3 is 2.61 bits per heavy atom. The van der Waals surface area contributed by atoms with Gasteiger partial charge in [-0.3, -0.25) is 0 Å². The van der Waals surface area contributed by atoms with Crippen molar-refractivity contribution in [3.05, 3.63) is 39.5 Å². The van der Waals surface area contributed by atoms with Crippen LogP contribution in [0.3, 0.4) is 0 Å². The second-order valence-electron chi connectivity index (χ2n) is 7.97. The molecule has 1 aromatic carbocycles. The lowest BCUT2D eigenvalue weighted by molar-refractivity contribution is 0.684. The lowest BCUT2D eigenvalue weighted by Gasteiger charge is -2.25. The van der Waals surface area contributed by atoms with E-state index in [1.54, 1.807) is 0 Å². The van der Waals surface area contributed by atoms with Gasteiger partial charge in [-0.05, 0) is 66.2 Å². The maximum absolute atomic E-state index is 5.04. The first-order chi connectivity index (χ1) is 13.5. The van der Waals surface area contributed by atoms with Crippen LogP contribution in [0.25, 0.3) is 0 Å². The topological polar surface area (TPSA) is 32.3 Å². The Morgan fingerprint density at radius 1 is 1.18 bits per heavy atom. The van der Waals surface area contributed by atoms with E-state index in [-0.39, 0.29) is 0 Å². The highest BCUT2D eigenvalue weighted by molar-refractivity contribution is 9.10. The minimum atomic E-state index is 0.510. The SMILES string of the molecule is CCCCCN1CCc2c(C)nc(N(CC)c3ccc(C(C)C)cc3Br)nc21. The van der Waals surface area contributed by atoms with E-state index in [0.717, 1.165) is 53.7 Å². The van der Waals surface area contributed by atoms with Crippen LogP contribution in [0.5, 0.6) is 0 Å². The molecule has 0 atom stereocenters. The number of benzene rings is 1. The van der Waals surface area contributed by atoms with Crippen LogP contribution in [0.15, 0.2) is 22.7 Å². The van der Waals surface area contributed by atoms with Crippen molar-refractivity contribution in [2.75, 3.05) is 29.4 Å². The fourth-order valence-electron chi connectivity index (χ4n) is 3.89. The van der Waals surface area contributed by atoms with Crippen molar-refractivity contribution in [2.24, 2.45) is 0 Å². The van der Waals surface area contributed by atoms with Gasteiger partial charge in [0, 0.05) is 35.4 Å². The summed E-state index contributed by atoms with van der Waals surface area (Å²) in [6.45, 7) is 14.0. The Morgan fingerprint density at radius 2 is 1.96 bits per heavy atom. The van der Waals surface area contributed by atoms with Gasteiger partial charge in [0.1, 0.15) is 5.82 Å². The first-order valence-electron chi connectivity index (χ1n) is 10.7. The number of nitrogens with zero attached hydrogens (tertiary/aromatic N) is 4. The zero-order valence-corrected chi connectivity index (χ0v) is 19.5. The third-order valence-electron chi connectivity index (χ3n) is 5.63. The number of hydrogen-bond acceptors (Lipinski definition) is 4. The zero-order valence-electron chi connectivity index (χ0n) is 17.9. The molecule has 2 aromatic rings. The van der Waals surface area contributed by atoms with Crippen molar-refractivity contribution in [3.8, 4) is 0 Å². The molecule has 0 radical (unpaired) electrons. The van der Waals surface area contributed by atoms with Gasteiger partial charge in [0.2, 0.25) is 5.95 Å². The molecule has 5 heteroatoms. The number of aryl methyl sites for hydroxylation is 1. The smallest absolute Gasteiger partial charge is 0.232 e. The summed E-state index contributed by atoms with van der Waals surface area (Å²) in [5.41, 5.74) is 4.90. The molecule has 0 N–H and O–H groups in total. The Labute approximate surface area is 178 Å². The minimum absolute atomic E-state index is 0.510. The van der Waals surface area contributed by atoms with Crippen molar-refractivity contribution in [3.63, 3.8) is 0 Å². The average Bonchev–Trinajstić information content (AvgIpc) is 3.07. The fourth-order valence-corrected chi connectivity index (χ4v) is 4.50. The van der Waals surface area contributed by atoms with E-state index in [1.807, 2.05) is 0 Å². The number of aromatic nitrogens is 2. The number of unbranched alkanes of at least 4 members (excludes halogenated alkanes) is 2. The Bertz CT molecular complexity index is 818. The van der Waals surface area contributed by atoms with E-state index in [2.05, 4.69) is 78.5 Å². The van der Waals surface area contributed by atoms with Crippen molar-refractivity contribution in [1.82, 2.24) is 9.97 Å². The fraction of sp³-hybridized carbons (Fsp3) is 0.565. The van der Waals surface area contributed by atoms with Gasteiger partial charge < -0.3 is 9.80 Å². The maximum Gasteiger partial charge on any atom is 0.232 e. The second-order valence-corrected chi connectivity index (χ2v) is 8.82. The monoisotopic (exact) mass is 444 g/mol. The summed E-state index contributed by atoms with van der Waals surface area (Å²) in [6, 6.07) is 6.62. The molecule has 0 bridgehead atoms. The lowest BCUT2D eigenvalue weighted by Crippen LogP contribution is -2.24. The van der Waals surface area contributed by atoms with Gasteiger partial charge in [-0.15, -0.1) is 0 Å². The number of fused-ring (bicyclic) bond motifs is 1. The first-order valence-corrected chi connectivity index (χ1v) is 11.4. The molecule has 0 aliphatic carbocycles. The number of hydrogen-bond donors (Lipinski definition) is 0. The summed E-state index contributed by atoms with van der Waals surface area (Å²) < 4.78 is 1.10. The predicted molar refractivity (Wildman–Crippen MR) is 123 cm³/mol. The third-order valence-corrected chi connectivity index (χ3v) is 6.27. The van der Waals surface area contributed by atoms with Gasteiger partial charge in [0.15, 0.2) is 0 Å². The Kier molecular flexibility index (Phi) is 6.97. The highest BCUT2D eigenvalue weighted by Crippen LogP contribution is 2.36. The van der Waals surface area contributed by atoms with Gasteiger partial charge in [-0.2, -0.15) is 4.98 Å². The van der Waals surface area contributed by atoms with Crippen molar-refractivity contribution >= 4 is 33.4 Å². The standard InChI is InChI=1S/C23H33BrN4/c1-6-8-9-13-27-14-12-19-17(5)25-23(26-22(19)27)28(7-2)21-11-10-18(16(3)4)15-20(21)24/h10-11,15-16H,6-9,12-14H2,1-5H3. The van der Waals surface area contributed by atoms with Crippen LogP contribution in [0.4, 0.5) is 17.5 Å². The summed E-state index contributed by atoms with van der Waals surface area (Å²) >= 11 is 3.78. The van der Waals surface area contributed by atoms with Crippen molar-refractivity contribution < 1.29 is 0 Å². The summed E-state index contributed by atoms with van der Waals surface area (Å²) in [5, 5.41) is 0. The first kappa shape index (κ1) is 21.1. The predicted octanol–water partition coefficient (Wildman–Crippen LogP) is 6.38. The van der Waals surface area contributed by atoms with Crippen molar-refractivity contribution in [1.29, 1.82) is 0 Å². The molecule has 0 unspecified atom stereocenters. The van der Waals surface area contributed by atoms with Gasteiger partial charge in [-0.25, -0.2) is 4.98 Å². The number of halogens is 1. The van der Waals surface area contributed by atoms with Crippen LogP contribution >= 0.6 is 15.9 Å². The molecule has 4 nitrogen and oxygen atoms in total.